The SMILES string of the molecule is C=CCc1c(OCCCOc2ccc3c(c2CCC)OC(C(=O)NS(C)(=O)=O)CC3)ccc(C(=O)NC)c1OC. The number of hydrogen-bond donors (Lipinski definition) is 2. The van der Waals surface area contributed by atoms with E-state index < -0.39 is 22.0 Å². The molecule has 0 fully saturated rings. The zero-order chi connectivity index (χ0) is 29.3. The van der Waals surface area contributed by atoms with Crippen molar-refractivity contribution >= 4 is 21.8 Å². The number of allylic oxidation sites excluding steroid dienone is 1. The Bertz CT molecular complexity index is 1340. The van der Waals surface area contributed by atoms with Crippen molar-refractivity contribution in [1.82, 2.24) is 10.0 Å². The first-order valence-electron chi connectivity index (χ1n) is 13.2. The average Bonchev–Trinajstić information content (AvgIpc) is 2.92. The number of carbonyl (C=O) groups is 2. The van der Waals surface area contributed by atoms with Gasteiger partial charge in [-0.2, -0.15) is 0 Å². The van der Waals surface area contributed by atoms with Crippen LogP contribution in [0.4, 0.5) is 0 Å². The lowest BCUT2D eigenvalue weighted by Gasteiger charge is -2.28. The van der Waals surface area contributed by atoms with Crippen molar-refractivity contribution < 1.29 is 37.0 Å². The average molecular weight is 575 g/mol. The fourth-order valence-corrected chi connectivity index (χ4v) is 5.09. The molecule has 2 aromatic rings. The number of nitrogens with one attached hydrogen (secondary N) is 2. The van der Waals surface area contributed by atoms with Crippen molar-refractivity contribution in [1.29, 1.82) is 0 Å². The van der Waals surface area contributed by atoms with Gasteiger partial charge in [-0.3, -0.25) is 14.3 Å². The van der Waals surface area contributed by atoms with E-state index >= 15 is 0 Å². The molecule has 0 aromatic heterocycles. The summed E-state index contributed by atoms with van der Waals surface area (Å²) < 4.78 is 48.7. The topological polar surface area (TPSA) is 129 Å². The fourth-order valence-electron chi connectivity index (χ4n) is 4.60. The van der Waals surface area contributed by atoms with Gasteiger partial charge in [-0.1, -0.05) is 25.5 Å². The Hall–Kier alpha value is -3.73. The highest BCUT2D eigenvalue weighted by molar-refractivity contribution is 7.89. The van der Waals surface area contributed by atoms with Crippen LogP contribution in [-0.2, 0) is 34.1 Å². The van der Waals surface area contributed by atoms with Gasteiger partial charge < -0.3 is 24.3 Å². The predicted octanol–water partition coefficient (Wildman–Crippen LogP) is 3.35. The summed E-state index contributed by atoms with van der Waals surface area (Å²) in [6, 6.07) is 7.26. The van der Waals surface area contributed by atoms with E-state index in [2.05, 4.69) is 11.9 Å². The van der Waals surface area contributed by atoms with Crippen LogP contribution in [0, 0.1) is 0 Å². The van der Waals surface area contributed by atoms with Crippen LogP contribution in [0.2, 0.25) is 0 Å². The molecule has 3 rings (SSSR count). The van der Waals surface area contributed by atoms with Gasteiger partial charge in [0.05, 0.1) is 32.1 Å². The van der Waals surface area contributed by atoms with E-state index in [0.29, 0.717) is 73.9 Å². The molecule has 0 radical (unpaired) electrons. The molecular formula is C29H38N2O8S. The van der Waals surface area contributed by atoms with E-state index in [9.17, 15) is 18.0 Å². The molecule has 1 aliphatic heterocycles. The molecule has 11 heteroatoms. The van der Waals surface area contributed by atoms with Crippen molar-refractivity contribution in [2.24, 2.45) is 0 Å². The van der Waals surface area contributed by atoms with Gasteiger partial charge in [-0.25, -0.2) is 8.42 Å². The van der Waals surface area contributed by atoms with Crippen LogP contribution >= 0.6 is 0 Å². The summed E-state index contributed by atoms with van der Waals surface area (Å²) in [5.74, 6) is 1.39. The molecule has 218 valence electrons. The molecule has 1 atom stereocenters. The molecule has 1 unspecified atom stereocenters. The summed E-state index contributed by atoms with van der Waals surface area (Å²) in [6.07, 6.45) is 5.32. The second-order valence-corrected chi connectivity index (χ2v) is 11.2. The standard InChI is InChI=1S/C29H38N2O8S/c1-6-9-20-23(14-11-19-12-15-25(39-26(19)20)29(33)31-40(5,34)35)37-17-8-18-38-24-16-13-22(28(32)30-3)27(36-4)21(24)10-7-2/h7,11,13-14,16,25H,2,6,8-10,12,15,17-18H2,1,3-5H3,(H,30,32)(H,31,33). The van der Waals surface area contributed by atoms with Crippen molar-refractivity contribution in [2.75, 3.05) is 33.6 Å². The number of carbonyl (C=O) groups excluding carboxylic acids is 2. The molecule has 10 nitrogen and oxygen atoms in total. The van der Waals surface area contributed by atoms with Gasteiger partial charge in [0.1, 0.15) is 23.0 Å². The summed E-state index contributed by atoms with van der Waals surface area (Å²) in [7, 11) is -0.599. The molecule has 1 heterocycles. The zero-order valence-electron chi connectivity index (χ0n) is 23.5. The molecule has 1 aliphatic rings. The number of methoxy groups -OCH3 is 1. The maximum atomic E-state index is 12.4. The van der Waals surface area contributed by atoms with E-state index in [0.717, 1.165) is 29.4 Å². The minimum absolute atomic E-state index is 0.249. The van der Waals surface area contributed by atoms with Crippen LogP contribution in [0.1, 0.15) is 53.2 Å². The molecule has 2 N–H and O–H groups in total. The number of sulfonamides is 1. The highest BCUT2D eigenvalue weighted by Gasteiger charge is 2.30. The number of aryl methyl sites for hydroxylation is 1. The van der Waals surface area contributed by atoms with Gasteiger partial charge in [0, 0.05) is 24.6 Å². The first-order valence-corrected chi connectivity index (χ1v) is 15.1. The van der Waals surface area contributed by atoms with E-state index in [1.807, 2.05) is 23.8 Å². The Morgan fingerprint density at radius 1 is 1.12 bits per heavy atom. The van der Waals surface area contributed by atoms with E-state index in [1.54, 1.807) is 25.3 Å². The Kier molecular flexibility index (Phi) is 10.8. The number of rotatable bonds is 14. The Morgan fingerprint density at radius 3 is 2.40 bits per heavy atom. The normalized spacial score (nSPS) is 14.3. The molecule has 0 saturated heterocycles. The second kappa shape index (κ2) is 14.1. The maximum absolute atomic E-state index is 12.4. The van der Waals surface area contributed by atoms with Crippen molar-refractivity contribution in [3.63, 3.8) is 0 Å². The second-order valence-electron chi connectivity index (χ2n) is 9.41. The molecular weight excluding hydrogens is 536 g/mol. The quantitative estimate of drug-likeness (QED) is 0.260. The zero-order valence-corrected chi connectivity index (χ0v) is 24.3. The van der Waals surface area contributed by atoms with Crippen molar-refractivity contribution in [3.8, 4) is 23.0 Å². The molecule has 40 heavy (non-hydrogen) atoms. The third kappa shape index (κ3) is 7.68. The summed E-state index contributed by atoms with van der Waals surface area (Å²) in [6.45, 7) is 6.58. The fraction of sp³-hybridized carbons (Fsp3) is 0.448. The Morgan fingerprint density at radius 2 is 1.80 bits per heavy atom. The lowest BCUT2D eigenvalue weighted by Crippen LogP contribution is -2.42. The number of ether oxygens (including phenoxy) is 4. The molecule has 0 spiro atoms. The third-order valence-electron chi connectivity index (χ3n) is 6.36. The monoisotopic (exact) mass is 574 g/mol. The van der Waals surface area contributed by atoms with E-state index in [4.69, 9.17) is 18.9 Å². The minimum atomic E-state index is -3.68. The smallest absolute Gasteiger partial charge is 0.274 e. The van der Waals surface area contributed by atoms with Gasteiger partial charge >= 0.3 is 0 Å². The Labute approximate surface area is 236 Å². The van der Waals surface area contributed by atoms with Crippen molar-refractivity contribution in [2.45, 2.75) is 51.6 Å². The first-order chi connectivity index (χ1) is 19.1. The van der Waals surface area contributed by atoms with Gasteiger partial charge in [-0.05, 0) is 49.4 Å². The van der Waals surface area contributed by atoms with E-state index in [1.165, 1.54) is 7.11 Å². The van der Waals surface area contributed by atoms with Crippen LogP contribution in [0.3, 0.4) is 0 Å². The molecule has 0 saturated carbocycles. The summed E-state index contributed by atoms with van der Waals surface area (Å²) in [5.41, 5.74) is 2.99. The van der Waals surface area contributed by atoms with Gasteiger partial charge in [-0.15, -0.1) is 6.58 Å². The summed E-state index contributed by atoms with van der Waals surface area (Å²) in [5, 5.41) is 2.61. The molecule has 0 aliphatic carbocycles. The Balaban J connectivity index is 1.68. The number of hydrogen-bond acceptors (Lipinski definition) is 8. The minimum Gasteiger partial charge on any atom is -0.495 e. The molecule has 2 aromatic carbocycles. The van der Waals surface area contributed by atoms with Gasteiger partial charge in [0.15, 0.2) is 6.10 Å². The largest absolute Gasteiger partial charge is 0.495 e. The van der Waals surface area contributed by atoms with Gasteiger partial charge in [0.25, 0.3) is 11.8 Å². The summed E-state index contributed by atoms with van der Waals surface area (Å²) >= 11 is 0. The summed E-state index contributed by atoms with van der Waals surface area (Å²) in [4.78, 5) is 24.7. The van der Waals surface area contributed by atoms with Crippen LogP contribution in [0.5, 0.6) is 23.0 Å². The number of fused-ring (bicyclic) bond motifs is 1. The van der Waals surface area contributed by atoms with Gasteiger partial charge in [0.2, 0.25) is 10.0 Å². The van der Waals surface area contributed by atoms with Crippen molar-refractivity contribution in [3.05, 3.63) is 59.2 Å². The lowest BCUT2D eigenvalue weighted by molar-refractivity contribution is -0.126. The molecule has 0 bridgehead atoms. The third-order valence-corrected chi connectivity index (χ3v) is 6.93. The predicted molar refractivity (Wildman–Crippen MR) is 152 cm³/mol. The number of amides is 2. The van der Waals surface area contributed by atoms with Crippen LogP contribution in [0.25, 0.3) is 0 Å². The highest BCUT2D eigenvalue weighted by atomic mass is 32.2. The maximum Gasteiger partial charge on any atom is 0.274 e. The van der Waals surface area contributed by atoms with Crippen LogP contribution in [-0.4, -0.2) is 60.0 Å². The van der Waals surface area contributed by atoms with Crippen LogP contribution in [0.15, 0.2) is 36.9 Å². The van der Waals surface area contributed by atoms with Crippen LogP contribution < -0.4 is 29.0 Å². The van der Waals surface area contributed by atoms with E-state index in [-0.39, 0.29) is 5.91 Å². The number of benzene rings is 2. The molecule has 2 amide bonds. The first kappa shape index (κ1) is 30.8. The highest BCUT2D eigenvalue weighted by Crippen LogP contribution is 2.38. The lowest BCUT2D eigenvalue weighted by atomic mass is 9.96.